The molecular formula is C20H35NO. The molecular weight excluding hydrogens is 270 g/mol. The first kappa shape index (κ1) is 19.2. The highest BCUT2D eigenvalue weighted by Gasteiger charge is 1.95. The van der Waals surface area contributed by atoms with E-state index in [0.29, 0.717) is 0 Å². The van der Waals surface area contributed by atoms with Gasteiger partial charge in [-0.15, -0.1) is 0 Å². The maximum atomic E-state index is 5.67. The Labute approximate surface area is 137 Å². The number of unbranched alkanes of at least 4 members (excludes halogenated alkanes) is 9. The molecule has 0 aliphatic rings. The summed E-state index contributed by atoms with van der Waals surface area (Å²) in [7, 11) is 0. The van der Waals surface area contributed by atoms with Crippen molar-refractivity contribution in [2.24, 2.45) is 0 Å². The topological polar surface area (TPSA) is 22.1 Å². The zero-order valence-corrected chi connectivity index (χ0v) is 14.6. The number of aromatic nitrogens is 1. The Balaban J connectivity index is 1.73. The molecule has 0 amide bonds. The van der Waals surface area contributed by atoms with Crippen LogP contribution in [0.1, 0.15) is 83.1 Å². The molecule has 1 aromatic heterocycles. The average molecular weight is 306 g/mol. The molecule has 0 spiro atoms. The minimum absolute atomic E-state index is 0.965. The Kier molecular flexibility index (Phi) is 13.1. The molecule has 2 nitrogen and oxygen atoms in total. The standard InChI is InChI=1S/C20H35NO/c1-2-3-4-11-17-22-18-12-9-7-5-6-8-10-14-20-15-13-16-21-19-20/h13,15-16,19H,2-12,14,17-18H2,1H3. The minimum Gasteiger partial charge on any atom is -0.381 e. The molecule has 0 saturated heterocycles. The highest BCUT2D eigenvalue weighted by molar-refractivity contribution is 5.08. The van der Waals surface area contributed by atoms with E-state index in [0.717, 1.165) is 13.2 Å². The Morgan fingerprint density at radius 1 is 0.818 bits per heavy atom. The molecule has 22 heavy (non-hydrogen) atoms. The van der Waals surface area contributed by atoms with Crippen molar-refractivity contribution in [1.82, 2.24) is 4.98 Å². The van der Waals surface area contributed by atoms with Gasteiger partial charge >= 0.3 is 0 Å². The fourth-order valence-corrected chi connectivity index (χ4v) is 2.70. The van der Waals surface area contributed by atoms with Crippen molar-refractivity contribution in [2.75, 3.05) is 13.2 Å². The molecule has 0 aliphatic carbocycles. The largest absolute Gasteiger partial charge is 0.381 e. The van der Waals surface area contributed by atoms with Crippen LogP contribution in [0.3, 0.4) is 0 Å². The van der Waals surface area contributed by atoms with Gasteiger partial charge in [-0.25, -0.2) is 0 Å². The van der Waals surface area contributed by atoms with Gasteiger partial charge in [0.2, 0.25) is 0 Å². The summed E-state index contributed by atoms with van der Waals surface area (Å²) in [6.07, 6.45) is 19.6. The van der Waals surface area contributed by atoms with Crippen molar-refractivity contribution in [3.05, 3.63) is 30.1 Å². The van der Waals surface area contributed by atoms with Crippen molar-refractivity contribution in [1.29, 1.82) is 0 Å². The van der Waals surface area contributed by atoms with Crippen LogP contribution in [-0.4, -0.2) is 18.2 Å². The Bertz CT molecular complexity index is 326. The third kappa shape index (κ3) is 11.7. The van der Waals surface area contributed by atoms with Gasteiger partial charge in [-0.2, -0.15) is 0 Å². The molecule has 0 fully saturated rings. The Hall–Kier alpha value is -0.890. The highest BCUT2D eigenvalue weighted by Crippen LogP contribution is 2.10. The van der Waals surface area contributed by atoms with E-state index in [1.165, 1.54) is 82.6 Å². The fraction of sp³-hybridized carbons (Fsp3) is 0.750. The van der Waals surface area contributed by atoms with Crippen LogP contribution < -0.4 is 0 Å². The number of aryl methyl sites for hydroxylation is 1. The average Bonchev–Trinajstić information content (AvgIpc) is 2.56. The third-order valence-corrected chi connectivity index (χ3v) is 4.12. The van der Waals surface area contributed by atoms with Crippen molar-refractivity contribution in [3.63, 3.8) is 0 Å². The van der Waals surface area contributed by atoms with Crippen LogP contribution in [0, 0.1) is 0 Å². The molecule has 1 aromatic rings. The summed E-state index contributed by atoms with van der Waals surface area (Å²) in [6, 6.07) is 4.20. The maximum Gasteiger partial charge on any atom is 0.0466 e. The number of pyridine rings is 1. The van der Waals surface area contributed by atoms with Gasteiger partial charge in [0.05, 0.1) is 0 Å². The number of hydrogen-bond donors (Lipinski definition) is 0. The predicted octanol–water partition coefficient (Wildman–Crippen LogP) is 5.95. The zero-order valence-electron chi connectivity index (χ0n) is 14.6. The van der Waals surface area contributed by atoms with Crippen LogP contribution >= 0.6 is 0 Å². The van der Waals surface area contributed by atoms with E-state index >= 15 is 0 Å². The fourth-order valence-electron chi connectivity index (χ4n) is 2.70. The summed E-state index contributed by atoms with van der Waals surface area (Å²) in [5.74, 6) is 0. The second kappa shape index (κ2) is 15.0. The second-order valence-electron chi connectivity index (χ2n) is 6.26. The van der Waals surface area contributed by atoms with E-state index in [9.17, 15) is 0 Å². The van der Waals surface area contributed by atoms with Crippen LogP contribution in [0.25, 0.3) is 0 Å². The summed E-state index contributed by atoms with van der Waals surface area (Å²) in [6.45, 7) is 4.18. The van der Waals surface area contributed by atoms with Crippen LogP contribution in [-0.2, 0) is 11.2 Å². The van der Waals surface area contributed by atoms with Gasteiger partial charge < -0.3 is 4.74 Å². The molecule has 0 atom stereocenters. The zero-order chi connectivity index (χ0) is 15.7. The lowest BCUT2D eigenvalue weighted by Crippen LogP contribution is -1.97. The van der Waals surface area contributed by atoms with E-state index < -0.39 is 0 Å². The van der Waals surface area contributed by atoms with E-state index in [-0.39, 0.29) is 0 Å². The summed E-state index contributed by atoms with van der Waals surface area (Å²) in [5, 5.41) is 0. The van der Waals surface area contributed by atoms with Crippen molar-refractivity contribution in [3.8, 4) is 0 Å². The SMILES string of the molecule is CCCCCCOCCCCCCCCCc1cccnc1. The Morgan fingerprint density at radius 2 is 1.45 bits per heavy atom. The van der Waals surface area contributed by atoms with Crippen molar-refractivity contribution >= 4 is 0 Å². The lowest BCUT2D eigenvalue weighted by atomic mass is 10.1. The van der Waals surface area contributed by atoms with Gasteiger partial charge in [0.1, 0.15) is 0 Å². The first-order valence-corrected chi connectivity index (χ1v) is 9.40. The van der Waals surface area contributed by atoms with E-state index in [2.05, 4.69) is 18.0 Å². The summed E-state index contributed by atoms with van der Waals surface area (Å²) in [4.78, 5) is 4.16. The molecule has 0 saturated carbocycles. The lowest BCUT2D eigenvalue weighted by molar-refractivity contribution is 0.125. The number of rotatable bonds is 15. The molecule has 0 radical (unpaired) electrons. The second-order valence-corrected chi connectivity index (χ2v) is 6.26. The molecule has 1 heterocycles. The van der Waals surface area contributed by atoms with E-state index in [1.54, 1.807) is 0 Å². The number of nitrogens with zero attached hydrogens (tertiary/aromatic N) is 1. The first-order valence-electron chi connectivity index (χ1n) is 9.40. The van der Waals surface area contributed by atoms with E-state index in [4.69, 9.17) is 4.74 Å². The smallest absolute Gasteiger partial charge is 0.0466 e. The number of hydrogen-bond acceptors (Lipinski definition) is 2. The van der Waals surface area contributed by atoms with Gasteiger partial charge in [-0.05, 0) is 37.3 Å². The molecule has 0 N–H and O–H groups in total. The van der Waals surface area contributed by atoms with Crippen LogP contribution in [0.4, 0.5) is 0 Å². The molecule has 0 unspecified atom stereocenters. The normalized spacial score (nSPS) is 11.0. The number of ether oxygens (including phenoxy) is 1. The lowest BCUT2D eigenvalue weighted by Gasteiger charge is -2.04. The molecule has 0 aliphatic heterocycles. The molecule has 0 aromatic carbocycles. The third-order valence-electron chi connectivity index (χ3n) is 4.12. The maximum absolute atomic E-state index is 5.67. The van der Waals surface area contributed by atoms with Crippen molar-refractivity contribution < 1.29 is 4.74 Å². The summed E-state index contributed by atoms with van der Waals surface area (Å²) < 4.78 is 5.67. The predicted molar refractivity (Wildman–Crippen MR) is 95.2 cm³/mol. The molecule has 126 valence electrons. The molecule has 0 bridgehead atoms. The van der Waals surface area contributed by atoms with Gasteiger partial charge in [-0.3, -0.25) is 4.98 Å². The van der Waals surface area contributed by atoms with Crippen LogP contribution in [0.5, 0.6) is 0 Å². The summed E-state index contributed by atoms with van der Waals surface area (Å²) >= 11 is 0. The monoisotopic (exact) mass is 305 g/mol. The molecule has 2 heteroatoms. The van der Waals surface area contributed by atoms with Gasteiger partial charge in [0.25, 0.3) is 0 Å². The van der Waals surface area contributed by atoms with Gasteiger partial charge in [0, 0.05) is 25.6 Å². The molecule has 1 rings (SSSR count). The quantitative estimate of drug-likeness (QED) is 0.373. The van der Waals surface area contributed by atoms with Crippen molar-refractivity contribution in [2.45, 2.75) is 84.0 Å². The summed E-state index contributed by atoms with van der Waals surface area (Å²) in [5.41, 5.74) is 1.37. The van der Waals surface area contributed by atoms with Crippen LogP contribution in [0.2, 0.25) is 0 Å². The van der Waals surface area contributed by atoms with Crippen LogP contribution in [0.15, 0.2) is 24.5 Å². The van der Waals surface area contributed by atoms with Gasteiger partial charge in [0.15, 0.2) is 0 Å². The highest BCUT2D eigenvalue weighted by atomic mass is 16.5. The van der Waals surface area contributed by atoms with Gasteiger partial charge in [-0.1, -0.05) is 64.4 Å². The first-order chi connectivity index (χ1) is 10.9. The van der Waals surface area contributed by atoms with E-state index in [1.807, 2.05) is 18.5 Å². The Morgan fingerprint density at radius 3 is 2.09 bits per heavy atom. The minimum atomic E-state index is 0.965.